The van der Waals surface area contributed by atoms with Crippen LogP contribution in [0.25, 0.3) is 10.7 Å². The molecule has 1 amide bonds. The van der Waals surface area contributed by atoms with Crippen LogP contribution in [0.2, 0.25) is 6.32 Å². The molecule has 0 bridgehead atoms. The molecule has 1 aliphatic heterocycles. The number of carbonyl (C=O) groups excluding carboxylic acids is 1. The van der Waals surface area contributed by atoms with Gasteiger partial charge in [0.15, 0.2) is 0 Å². The van der Waals surface area contributed by atoms with Crippen molar-refractivity contribution in [3.8, 4) is 10.7 Å². The van der Waals surface area contributed by atoms with Gasteiger partial charge in [-0.05, 0) is 23.8 Å². The zero-order chi connectivity index (χ0) is 16.1. The molecular weight excluding hydrogens is 312 g/mol. The summed E-state index contributed by atoms with van der Waals surface area (Å²) in [6.45, 7) is 1.74. The van der Waals surface area contributed by atoms with Crippen molar-refractivity contribution in [1.29, 1.82) is 0 Å². The van der Waals surface area contributed by atoms with Gasteiger partial charge < -0.3 is 9.64 Å². The highest BCUT2D eigenvalue weighted by molar-refractivity contribution is 7.15. The summed E-state index contributed by atoms with van der Waals surface area (Å²) < 4.78 is 5.80. The van der Waals surface area contributed by atoms with Gasteiger partial charge in [-0.1, -0.05) is 6.32 Å². The van der Waals surface area contributed by atoms with Crippen LogP contribution < -0.4 is 0 Å². The Labute approximate surface area is 140 Å². The molecule has 2 aromatic heterocycles. The maximum Gasteiger partial charge on any atom is 0.222 e. The largest absolute Gasteiger partial charge is 0.374 e. The zero-order valence-electron chi connectivity index (χ0n) is 12.6. The van der Waals surface area contributed by atoms with E-state index in [0.29, 0.717) is 38.3 Å². The van der Waals surface area contributed by atoms with Crippen molar-refractivity contribution in [2.45, 2.75) is 31.8 Å². The number of H-pyrrole nitrogens is 1. The van der Waals surface area contributed by atoms with Crippen LogP contribution in [-0.2, 0) is 16.1 Å². The van der Waals surface area contributed by atoms with Gasteiger partial charge in [-0.2, -0.15) is 5.21 Å². The van der Waals surface area contributed by atoms with E-state index in [9.17, 15) is 4.79 Å². The number of likely N-dealkylation sites (tertiary alicyclic amines) is 1. The molecule has 3 radical (unpaired) electrons. The number of tetrazole rings is 1. The predicted octanol–water partition coefficient (Wildman–Crippen LogP) is 0.642. The Balaban J connectivity index is 1.48. The Kier molecular flexibility index (Phi) is 5.45. The number of rotatable bonds is 8. The number of aromatic amines is 1. The molecule has 1 N–H and O–H groups in total. The van der Waals surface area contributed by atoms with Crippen LogP contribution in [0.1, 0.15) is 17.7 Å². The fourth-order valence-corrected chi connectivity index (χ4v) is 3.50. The van der Waals surface area contributed by atoms with E-state index in [1.54, 1.807) is 18.5 Å². The topological polar surface area (TPSA) is 84.0 Å². The first-order valence-corrected chi connectivity index (χ1v) is 8.32. The summed E-state index contributed by atoms with van der Waals surface area (Å²) in [6, 6.07) is 4.10. The van der Waals surface area contributed by atoms with Crippen molar-refractivity contribution < 1.29 is 9.53 Å². The summed E-state index contributed by atoms with van der Waals surface area (Å²) in [5.41, 5.74) is 0. The van der Waals surface area contributed by atoms with Crippen LogP contribution in [0.4, 0.5) is 0 Å². The standard InChI is InChI=1S/C13H16B2N5O2S/c14-15-5-6-20-9(1-4-12(20)21)7-22-8-10-2-3-11(23-10)13-16-18-19-17-13/h2-3,9H,1,4-8H2,(H,16,17,18,19). The smallest absolute Gasteiger partial charge is 0.222 e. The fraction of sp³-hybridized carbons (Fsp3) is 0.538. The molecule has 1 saturated heterocycles. The van der Waals surface area contributed by atoms with Crippen LogP contribution >= 0.6 is 11.3 Å². The van der Waals surface area contributed by atoms with Crippen molar-refractivity contribution in [1.82, 2.24) is 25.5 Å². The molecular formula is C13H16B2N5O2S. The van der Waals surface area contributed by atoms with Crippen molar-refractivity contribution in [2.24, 2.45) is 0 Å². The summed E-state index contributed by atoms with van der Waals surface area (Å²) in [7, 11) is 7.00. The highest BCUT2D eigenvalue weighted by Gasteiger charge is 2.30. The molecule has 0 spiro atoms. The van der Waals surface area contributed by atoms with Gasteiger partial charge in [0, 0.05) is 25.6 Å². The van der Waals surface area contributed by atoms with Gasteiger partial charge in [-0.15, -0.1) is 21.5 Å². The minimum Gasteiger partial charge on any atom is -0.374 e. The number of nitrogens with one attached hydrogen (secondary N) is 1. The lowest BCUT2D eigenvalue weighted by atomic mass is 9.53. The number of amides is 1. The summed E-state index contributed by atoms with van der Waals surface area (Å²) >= 11 is 1.58. The van der Waals surface area contributed by atoms with Gasteiger partial charge in [0.1, 0.15) is 0 Å². The Morgan fingerprint density at radius 3 is 3.22 bits per heavy atom. The zero-order valence-corrected chi connectivity index (χ0v) is 13.5. The maximum absolute atomic E-state index is 11.9. The van der Waals surface area contributed by atoms with Gasteiger partial charge in [0.25, 0.3) is 0 Å². The van der Waals surface area contributed by atoms with E-state index in [0.717, 1.165) is 16.2 Å². The second kappa shape index (κ2) is 7.74. The van der Waals surface area contributed by atoms with Crippen LogP contribution in [0.3, 0.4) is 0 Å². The van der Waals surface area contributed by atoms with Gasteiger partial charge in [0.2, 0.25) is 11.7 Å². The number of nitrogens with zero attached hydrogens (tertiary/aromatic N) is 4. The quantitative estimate of drug-likeness (QED) is 0.719. The number of hydrogen-bond acceptors (Lipinski definition) is 6. The van der Waals surface area contributed by atoms with Gasteiger partial charge in [0.05, 0.1) is 31.3 Å². The molecule has 1 fully saturated rings. The van der Waals surface area contributed by atoms with Crippen molar-refractivity contribution >= 4 is 32.2 Å². The molecule has 1 unspecified atom stereocenters. The van der Waals surface area contributed by atoms with E-state index in [4.69, 9.17) is 12.5 Å². The number of thiophene rings is 1. The van der Waals surface area contributed by atoms with Gasteiger partial charge >= 0.3 is 0 Å². The van der Waals surface area contributed by atoms with E-state index < -0.39 is 0 Å². The molecule has 23 heavy (non-hydrogen) atoms. The Morgan fingerprint density at radius 1 is 1.52 bits per heavy atom. The lowest BCUT2D eigenvalue weighted by Crippen LogP contribution is -2.37. The van der Waals surface area contributed by atoms with E-state index in [1.165, 1.54) is 0 Å². The average molecular weight is 328 g/mol. The molecule has 10 heteroatoms. The third kappa shape index (κ3) is 4.00. The number of carbonyl (C=O) groups is 1. The lowest BCUT2D eigenvalue weighted by molar-refractivity contribution is -0.129. The fourth-order valence-electron chi connectivity index (χ4n) is 2.62. The second-order valence-corrected chi connectivity index (χ2v) is 6.49. The van der Waals surface area contributed by atoms with Crippen LogP contribution in [0, 0.1) is 0 Å². The van der Waals surface area contributed by atoms with Crippen LogP contribution in [-0.4, -0.2) is 65.5 Å². The number of aromatic nitrogens is 4. The molecule has 0 aliphatic carbocycles. The minimum absolute atomic E-state index is 0.152. The maximum atomic E-state index is 11.9. The number of hydrogen-bond donors (Lipinski definition) is 1. The molecule has 3 heterocycles. The highest BCUT2D eigenvalue weighted by Crippen LogP contribution is 2.25. The third-order valence-electron chi connectivity index (χ3n) is 3.77. The first-order valence-electron chi connectivity index (χ1n) is 7.51. The minimum atomic E-state index is 0.152. The van der Waals surface area contributed by atoms with E-state index in [1.807, 2.05) is 17.0 Å². The SMILES string of the molecule is [B][B]CCN1C(=O)CCC1COCc1ccc(-c2nn[nH]n2)s1. The van der Waals surface area contributed by atoms with E-state index in [-0.39, 0.29) is 11.9 Å². The summed E-state index contributed by atoms with van der Waals surface area (Å²) in [5, 5.41) is 13.9. The van der Waals surface area contributed by atoms with Crippen LogP contribution in [0.5, 0.6) is 0 Å². The summed E-state index contributed by atoms with van der Waals surface area (Å²) in [6.07, 6.45) is 2.16. The normalized spacial score (nSPS) is 17.8. The Bertz CT molecular complexity index is 636. The van der Waals surface area contributed by atoms with Crippen molar-refractivity contribution in [2.75, 3.05) is 13.2 Å². The molecule has 7 nitrogen and oxygen atoms in total. The predicted molar refractivity (Wildman–Crippen MR) is 88.2 cm³/mol. The van der Waals surface area contributed by atoms with Gasteiger partial charge in [-0.25, -0.2) is 0 Å². The molecule has 1 aliphatic rings. The van der Waals surface area contributed by atoms with E-state index >= 15 is 0 Å². The van der Waals surface area contributed by atoms with Crippen molar-refractivity contribution in [3.05, 3.63) is 17.0 Å². The third-order valence-corrected chi connectivity index (χ3v) is 4.83. The van der Waals surface area contributed by atoms with E-state index in [2.05, 4.69) is 20.6 Å². The van der Waals surface area contributed by atoms with Crippen molar-refractivity contribution in [3.63, 3.8) is 0 Å². The molecule has 0 aromatic carbocycles. The van der Waals surface area contributed by atoms with Gasteiger partial charge in [-0.3, -0.25) is 4.79 Å². The molecule has 1 atom stereocenters. The van der Waals surface area contributed by atoms with Crippen LogP contribution in [0.15, 0.2) is 12.1 Å². The molecule has 2 aromatic rings. The lowest BCUT2D eigenvalue weighted by Gasteiger charge is -2.24. The first kappa shape index (κ1) is 16.2. The monoisotopic (exact) mass is 328 g/mol. The average Bonchev–Trinajstić information content (AvgIpc) is 3.27. The second-order valence-electron chi connectivity index (χ2n) is 5.32. The molecule has 3 rings (SSSR count). The molecule has 117 valence electrons. The summed E-state index contributed by atoms with van der Waals surface area (Å²) in [4.78, 5) is 15.8. The molecule has 0 saturated carbocycles. The summed E-state index contributed by atoms with van der Waals surface area (Å²) in [5.74, 6) is 0.780. The number of ether oxygens (including phenoxy) is 1. The Hall–Kier alpha value is -1.67. The highest BCUT2D eigenvalue weighted by atomic mass is 32.1. The first-order chi connectivity index (χ1) is 11.3. The Morgan fingerprint density at radius 2 is 2.43 bits per heavy atom.